The van der Waals surface area contributed by atoms with Gasteiger partial charge in [0, 0.05) is 6.54 Å². The van der Waals surface area contributed by atoms with Gasteiger partial charge in [-0.2, -0.15) is 0 Å². The van der Waals surface area contributed by atoms with E-state index in [2.05, 4.69) is 66.7 Å². The quantitative estimate of drug-likeness (QED) is 0.746. The first-order chi connectivity index (χ1) is 9.36. The highest BCUT2D eigenvalue weighted by Gasteiger charge is 2.02. The highest BCUT2D eigenvalue weighted by Crippen LogP contribution is 2.22. The third kappa shape index (κ3) is 2.51. The molecule has 19 heavy (non-hydrogen) atoms. The van der Waals surface area contributed by atoms with Crippen molar-refractivity contribution < 1.29 is 0 Å². The van der Waals surface area contributed by atoms with Gasteiger partial charge in [0.2, 0.25) is 0 Å². The molecule has 1 nitrogen and oxygen atoms in total. The van der Waals surface area contributed by atoms with Crippen molar-refractivity contribution in [1.29, 1.82) is 0 Å². The third-order valence-electron chi connectivity index (χ3n) is 3.51. The van der Waals surface area contributed by atoms with E-state index in [0.29, 0.717) is 6.54 Å². The number of hydrogen-bond acceptors (Lipinski definition) is 1. The summed E-state index contributed by atoms with van der Waals surface area (Å²) in [7, 11) is 0. The van der Waals surface area contributed by atoms with Gasteiger partial charge in [-0.3, -0.25) is 0 Å². The van der Waals surface area contributed by atoms with E-state index in [1.165, 1.54) is 27.5 Å². The van der Waals surface area contributed by atoms with Crippen molar-refractivity contribution in [3.63, 3.8) is 0 Å². The molecule has 3 aromatic carbocycles. The van der Waals surface area contributed by atoms with Gasteiger partial charge in [-0.1, -0.05) is 60.7 Å². The molecular formula is C18H17N. The van der Waals surface area contributed by atoms with Gasteiger partial charge in [-0.15, -0.1) is 0 Å². The summed E-state index contributed by atoms with van der Waals surface area (Å²) in [6, 6.07) is 23.6. The van der Waals surface area contributed by atoms with Crippen LogP contribution < -0.4 is 5.73 Å². The van der Waals surface area contributed by atoms with Crippen LogP contribution in [0.5, 0.6) is 0 Å². The smallest absolute Gasteiger partial charge is 0.0178 e. The third-order valence-corrected chi connectivity index (χ3v) is 3.51. The molecule has 0 spiro atoms. The van der Waals surface area contributed by atoms with Crippen LogP contribution >= 0.6 is 0 Å². The van der Waals surface area contributed by atoms with E-state index in [9.17, 15) is 0 Å². The van der Waals surface area contributed by atoms with Crippen LogP contribution in [0, 0.1) is 0 Å². The molecule has 0 bridgehead atoms. The monoisotopic (exact) mass is 247 g/mol. The molecule has 1 heteroatoms. The molecular weight excluding hydrogens is 230 g/mol. The topological polar surface area (TPSA) is 26.0 Å². The van der Waals surface area contributed by atoms with Crippen LogP contribution in [0.2, 0.25) is 0 Å². The van der Waals surface area contributed by atoms with Crippen LogP contribution in [-0.2, 0) is 13.0 Å². The zero-order chi connectivity index (χ0) is 13.1. The average molecular weight is 247 g/mol. The molecule has 0 aliphatic rings. The fourth-order valence-electron chi connectivity index (χ4n) is 2.50. The predicted octanol–water partition coefficient (Wildman–Crippen LogP) is 3.89. The summed E-state index contributed by atoms with van der Waals surface area (Å²) in [5.74, 6) is 0. The Balaban J connectivity index is 2.04. The summed E-state index contributed by atoms with van der Waals surface area (Å²) in [6.45, 7) is 0.596. The lowest BCUT2D eigenvalue weighted by Crippen LogP contribution is -1.96. The largest absolute Gasteiger partial charge is 0.326 e. The number of hydrogen-bond donors (Lipinski definition) is 1. The Bertz CT molecular complexity index is 686. The van der Waals surface area contributed by atoms with E-state index < -0.39 is 0 Å². The summed E-state index contributed by atoms with van der Waals surface area (Å²) in [5, 5.41) is 2.60. The average Bonchev–Trinajstić information content (AvgIpc) is 2.48. The van der Waals surface area contributed by atoms with Gasteiger partial charge in [-0.25, -0.2) is 0 Å². The van der Waals surface area contributed by atoms with Crippen LogP contribution in [-0.4, -0.2) is 0 Å². The summed E-state index contributed by atoms with van der Waals surface area (Å²) < 4.78 is 0. The number of benzene rings is 3. The van der Waals surface area contributed by atoms with Crippen LogP contribution in [0.15, 0.2) is 66.7 Å². The highest BCUT2D eigenvalue weighted by atomic mass is 14.5. The first-order valence-corrected chi connectivity index (χ1v) is 6.61. The van der Waals surface area contributed by atoms with Gasteiger partial charge < -0.3 is 5.73 Å². The Morgan fingerprint density at radius 2 is 1.58 bits per heavy atom. The standard InChI is InChI=1S/C18H17N/c19-13-15-9-10-18-16(7-4-8-17(18)12-15)11-14-5-2-1-3-6-14/h1-10,12H,11,13,19H2. The predicted molar refractivity (Wildman–Crippen MR) is 81.1 cm³/mol. The zero-order valence-corrected chi connectivity index (χ0v) is 10.8. The maximum atomic E-state index is 5.70. The minimum absolute atomic E-state index is 0.596. The lowest BCUT2D eigenvalue weighted by atomic mass is 9.97. The highest BCUT2D eigenvalue weighted by molar-refractivity contribution is 5.86. The Hall–Kier alpha value is -2.12. The molecule has 3 rings (SSSR count). The van der Waals surface area contributed by atoms with Gasteiger partial charge in [0.15, 0.2) is 0 Å². The molecule has 3 aromatic rings. The molecule has 0 fully saturated rings. The Morgan fingerprint density at radius 3 is 2.37 bits per heavy atom. The van der Waals surface area contributed by atoms with Gasteiger partial charge in [0.05, 0.1) is 0 Å². The lowest BCUT2D eigenvalue weighted by molar-refractivity contribution is 1.07. The van der Waals surface area contributed by atoms with Gasteiger partial charge >= 0.3 is 0 Å². The molecule has 0 amide bonds. The molecule has 0 saturated carbocycles. The normalized spacial score (nSPS) is 10.8. The molecule has 94 valence electrons. The van der Waals surface area contributed by atoms with Crippen molar-refractivity contribution in [2.75, 3.05) is 0 Å². The van der Waals surface area contributed by atoms with Crippen molar-refractivity contribution in [1.82, 2.24) is 0 Å². The Labute approximate surface area is 113 Å². The second-order valence-corrected chi connectivity index (χ2v) is 4.84. The minimum Gasteiger partial charge on any atom is -0.326 e. The fourth-order valence-corrected chi connectivity index (χ4v) is 2.50. The van der Waals surface area contributed by atoms with E-state index in [1.807, 2.05) is 0 Å². The summed E-state index contributed by atoms with van der Waals surface area (Å²) >= 11 is 0. The van der Waals surface area contributed by atoms with E-state index in [4.69, 9.17) is 5.73 Å². The molecule has 0 radical (unpaired) electrons. The van der Waals surface area contributed by atoms with Gasteiger partial charge in [-0.05, 0) is 39.9 Å². The van der Waals surface area contributed by atoms with E-state index in [0.717, 1.165) is 6.42 Å². The second-order valence-electron chi connectivity index (χ2n) is 4.84. The molecule has 0 aliphatic carbocycles. The van der Waals surface area contributed by atoms with E-state index in [-0.39, 0.29) is 0 Å². The van der Waals surface area contributed by atoms with Gasteiger partial charge in [0.25, 0.3) is 0 Å². The van der Waals surface area contributed by atoms with Crippen LogP contribution in [0.1, 0.15) is 16.7 Å². The maximum Gasteiger partial charge on any atom is 0.0178 e. The van der Waals surface area contributed by atoms with Crippen molar-refractivity contribution in [3.05, 3.63) is 83.4 Å². The molecule has 0 heterocycles. The first kappa shape index (κ1) is 11.9. The summed E-state index contributed by atoms with van der Waals surface area (Å²) in [5.41, 5.74) is 9.60. The van der Waals surface area contributed by atoms with Crippen molar-refractivity contribution >= 4 is 10.8 Å². The number of fused-ring (bicyclic) bond motifs is 1. The first-order valence-electron chi connectivity index (χ1n) is 6.61. The molecule has 0 aliphatic heterocycles. The second kappa shape index (κ2) is 5.25. The Kier molecular flexibility index (Phi) is 3.30. The molecule has 0 atom stereocenters. The van der Waals surface area contributed by atoms with Crippen molar-refractivity contribution in [2.24, 2.45) is 5.73 Å². The summed E-state index contributed by atoms with van der Waals surface area (Å²) in [4.78, 5) is 0. The number of nitrogens with two attached hydrogens (primary N) is 1. The molecule has 0 saturated heterocycles. The van der Waals surface area contributed by atoms with Gasteiger partial charge in [0.1, 0.15) is 0 Å². The molecule has 2 N–H and O–H groups in total. The van der Waals surface area contributed by atoms with E-state index >= 15 is 0 Å². The molecule has 0 aromatic heterocycles. The van der Waals surface area contributed by atoms with Crippen molar-refractivity contribution in [2.45, 2.75) is 13.0 Å². The Morgan fingerprint density at radius 1 is 0.737 bits per heavy atom. The SMILES string of the molecule is NCc1ccc2c(Cc3ccccc3)cccc2c1. The number of rotatable bonds is 3. The minimum atomic E-state index is 0.596. The summed E-state index contributed by atoms with van der Waals surface area (Å²) in [6.07, 6.45) is 0.972. The van der Waals surface area contributed by atoms with Crippen LogP contribution in [0.4, 0.5) is 0 Å². The fraction of sp³-hybridized carbons (Fsp3) is 0.111. The maximum absolute atomic E-state index is 5.70. The van der Waals surface area contributed by atoms with E-state index in [1.54, 1.807) is 0 Å². The van der Waals surface area contributed by atoms with Crippen LogP contribution in [0.3, 0.4) is 0 Å². The van der Waals surface area contributed by atoms with Crippen LogP contribution in [0.25, 0.3) is 10.8 Å². The zero-order valence-electron chi connectivity index (χ0n) is 10.8. The molecule has 0 unspecified atom stereocenters. The van der Waals surface area contributed by atoms with Crippen molar-refractivity contribution in [3.8, 4) is 0 Å². The lowest BCUT2D eigenvalue weighted by Gasteiger charge is -2.08.